The van der Waals surface area contributed by atoms with Crippen LogP contribution in [0, 0.1) is 35.3 Å². The van der Waals surface area contributed by atoms with E-state index in [1.54, 1.807) is 6.07 Å². The summed E-state index contributed by atoms with van der Waals surface area (Å²) in [4.78, 5) is 15.0. The Bertz CT molecular complexity index is 669. The first-order chi connectivity index (χ1) is 9.01. The van der Waals surface area contributed by atoms with Crippen molar-refractivity contribution in [2.75, 3.05) is 0 Å². The summed E-state index contributed by atoms with van der Waals surface area (Å²) >= 11 is 1.22. The van der Waals surface area contributed by atoms with E-state index in [9.17, 15) is 10.1 Å². The van der Waals surface area contributed by atoms with Gasteiger partial charge in [-0.2, -0.15) is 5.26 Å². The minimum Gasteiger partial charge on any atom is -0.436 e. The Balaban J connectivity index is 2.32. The number of nitriles is 1. The molecule has 2 aromatic rings. The van der Waals surface area contributed by atoms with Gasteiger partial charge in [-0.1, -0.05) is 0 Å². The van der Waals surface area contributed by atoms with E-state index < -0.39 is 4.92 Å². The molecule has 0 aliphatic carbocycles. The van der Waals surface area contributed by atoms with Crippen LogP contribution in [0.1, 0.15) is 17.0 Å². The number of aryl methyl sites for hydroxylation is 2. The van der Waals surface area contributed by atoms with Gasteiger partial charge in [-0.05, 0) is 37.7 Å². The van der Waals surface area contributed by atoms with Gasteiger partial charge in [-0.25, -0.2) is 4.98 Å². The zero-order valence-electron chi connectivity index (χ0n) is 10.2. The number of oxazole rings is 1. The molecule has 96 valence electrons. The zero-order valence-corrected chi connectivity index (χ0v) is 11.0. The van der Waals surface area contributed by atoms with E-state index in [2.05, 4.69) is 4.98 Å². The summed E-state index contributed by atoms with van der Waals surface area (Å²) in [5, 5.41) is 20.1. The smallest absolute Gasteiger partial charge is 0.287 e. The molecule has 1 heterocycles. The molecular formula is C12H9N3O3S. The molecule has 0 atom stereocenters. The predicted octanol–water partition coefficient (Wildman–Crippen LogP) is 3.22. The number of aromatic nitrogens is 1. The van der Waals surface area contributed by atoms with Crippen LogP contribution in [0.15, 0.2) is 32.7 Å². The molecule has 7 heteroatoms. The number of hydrogen-bond acceptors (Lipinski definition) is 6. The molecule has 6 nitrogen and oxygen atoms in total. The van der Waals surface area contributed by atoms with Gasteiger partial charge in [0.15, 0.2) is 0 Å². The van der Waals surface area contributed by atoms with Crippen LogP contribution in [0.2, 0.25) is 0 Å². The van der Waals surface area contributed by atoms with Crippen LogP contribution < -0.4 is 0 Å². The minimum atomic E-state index is -0.577. The van der Waals surface area contributed by atoms with Crippen molar-refractivity contribution < 1.29 is 9.34 Å². The number of hydrogen-bond donors (Lipinski definition) is 0. The van der Waals surface area contributed by atoms with Gasteiger partial charge < -0.3 is 4.42 Å². The van der Waals surface area contributed by atoms with Gasteiger partial charge in [0.2, 0.25) is 0 Å². The quantitative estimate of drug-likeness (QED) is 0.630. The van der Waals surface area contributed by atoms with Crippen molar-refractivity contribution in [1.29, 1.82) is 5.26 Å². The third-order valence-electron chi connectivity index (χ3n) is 2.50. The SMILES string of the molecule is Cc1nc(Sc2ccc([N+](=O)[O-])c(C#N)c2)oc1C. The lowest BCUT2D eigenvalue weighted by atomic mass is 10.2. The lowest BCUT2D eigenvalue weighted by molar-refractivity contribution is -0.385. The molecule has 0 saturated heterocycles. The molecule has 0 unspecified atom stereocenters. The number of benzene rings is 1. The second kappa shape index (κ2) is 5.12. The molecule has 0 N–H and O–H groups in total. The second-order valence-electron chi connectivity index (χ2n) is 3.77. The van der Waals surface area contributed by atoms with E-state index in [-0.39, 0.29) is 11.3 Å². The van der Waals surface area contributed by atoms with Gasteiger partial charge in [-0.3, -0.25) is 10.1 Å². The molecule has 0 radical (unpaired) electrons. The Kier molecular flexibility index (Phi) is 3.53. The monoisotopic (exact) mass is 275 g/mol. The van der Waals surface area contributed by atoms with Crippen LogP contribution in [0.4, 0.5) is 5.69 Å². The third-order valence-corrected chi connectivity index (χ3v) is 3.34. The van der Waals surface area contributed by atoms with Crippen LogP contribution in [-0.2, 0) is 0 Å². The maximum absolute atomic E-state index is 10.7. The Labute approximate surface area is 113 Å². The summed E-state index contributed by atoms with van der Waals surface area (Å²) in [6.45, 7) is 3.64. The highest BCUT2D eigenvalue weighted by molar-refractivity contribution is 7.99. The Morgan fingerprint density at radius 1 is 1.47 bits per heavy atom. The highest BCUT2D eigenvalue weighted by atomic mass is 32.2. The maximum Gasteiger partial charge on any atom is 0.287 e. The minimum absolute atomic E-state index is 0.0231. The van der Waals surface area contributed by atoms with Gasteiger partial charge >= 0.3 is 0 Å². The van der Waals surface area contributed by atoms with E-state index >= 15 is 0 Å². The van der Waals surface area contributed by atoms with Crippen LogP contribution >= 0.6 is 11.8 Å². The normalized spacial score (nSPS) is 10.2. The molecule has 0 aliphatic rings. The summed E-state index contributed by atoms with van der Waals surface area (Å²) < 4.78 is 5.40. The van der Waals surface area contributed by atoms with Gasteiger partial charge in [0.25, 0.3) is 10.9 Å². The first kappa shape index (κ1) is 13.1. The first-order valence-corrected chi connectivity index (χ1v) is 6.13. The Morgan fingerprint density at radius 3 is 2.74 bits per heavy atom. The Morgan fingerprint density at radius 2 is 2.21 bits per heavy atom. The molecule has 19 heavy (non-hydrogen) atoms. The van der Waals surface area contributed by atoms with Crippen molar-refractivity contribution >= 4 is 17.4 Å². The zero-order chi connectivity index (χ0) is 14.0. The second-order valence-corrected chi connectivity index (χ2v) is 4.80. The molecule has 0 aliphatic heterocycles. The number of rotatable bonds is 3. The van der Waals surface area contributed by atoms with Gasteiger partial charge in [0.05, 0.1) is 10.6 Å². The molecular weight excluding hydrogens is 266 g/mol. The maximum atomic E-state index is 10.7. The van der Waals surface area contributed by atoms with Crippen molar-refractivity contribution in [2.45, 2.75) is 24.0 Å². The lowest BCUT2D eigenvalue weighted by Crippen LogP contribution is -1.92. The molecule has 0 bridgehead atoms. The van der Waals surface area contributed by atoms with Crippen LogP contribution in [0.3, 0.4) is 0 Å². The van der Waals surface area contributed by atoms with E-state index in [4.69, 9.17) is 9.68 Å². The van der Waals surface area contributed by atoms with E-state index in [0.29, 0.717) is 10.1 Å². The molecule has 1 aromatic carbocycles. The van der Waals surface area contributed by atoms with Crippen molar-refractivity contribution in [3.63, 3.8) is 0 Å². The molecule has 1 aromatic heterocycles. The van der Waals surface area contributed by atoms with Crippen LogP contribution in [0.25, 0.3) is 0 Å². The fourth-order valence-electron chi connectivity index (χ4n) is 1.42. The van der Waals surface area contributed by atoms with Crippen molar-refractivity contribution in [3.8, 4) is 6.07 Å². The van der Waals surface area contributed by atoms with Gasteiger partial charge in [0, 0.05) is 11.0 Å². The van der Waals surface area contributed by atoms with E-state index in [1.807, 2.05) is 19.9 Å². The number of nitro benzene ring substituents is 1. The molecule has 0 fully saturated rings. The van der Waals surface area contributed by atoms with E-state index in [0.717, 1.165) is 11.5 Å². The van der Waals surface area contributed by atoms with E-state index in [1.165, 1.54) is 23.9 Å². The number of nitrogens with zero attached hydrogens (tertiary/aromatic N) is 3. The average Bonchev–Trinajstić information content (AvgIpc) is 2.67. The highest BCUT2D eigenvalue weighted by Crippen LogP contribution is 2.31. The van der Waals surface area contributed by atoms with Crippen molar-refractivity contribution in [1.82, 2.24) is 4.98 Å². The average molecular weight is 275 g/mol. The summed E-state index contributed by atoms with van der Waals surface area (Å²) in [7, 11) is 0. The van der Waals surface area contributed by atoms with Gasteiger partial charge in [-0.15, -0.1) is 0 Å². The third kappa shape index (κ3) is 2.74. The topological polar surface area (TPSA) is 93.0 Å². The molecule has 2 rings (SSSR count). The van der Waals surface area contributed by atoms with Crippen molar-refractivity contribution in [3.05, 3.63) is 45.3 Å². The largest absolute Gasteiger partial charge is 0.436 e. The predicted molar refractivity (Wildman–Crippen MR) is 67.9 cm³/mol. The summed E-state index contributed by atoms with van der Waals surface area (Å²) in [5.74, 6) is 0.727. The fraction of sp³-hybridized carbons (Fsp3) is 0.167. The van der Waals surface area contributed by atoms with Gasteiger partial charge in [0.1, 0.15) is 17.4 Å². The Hall–Kier alpha value is -2.33. The number of nitro groups is 1. The molecule has 0 spiro atoms. The highest BCUT2D eigenvalue weighted by Gasteiger charge is 2.15. The standard InChI is InChI=1S/C12H9N3O3S/c1-7-8(2)18-12(14-7)19-10-3-4-11(15(16)17)9(5-10)6-13/h3-5H,1-2H3. The summed E-state index contributed by atoms with van der Waals surface area (Å²) in [6.07, 6.45) is 0. The van der Waals surface area contributed by atoms with Crippen LogP contribution in [0.5, 0.6) is 0 Å². The molecule has 0 saturated carbocycles. The lowest BCUT2D eigenvalue weighted by Gasteiger charge is -1.99. The summed E-state index contributed by atoms with van der Waals surface area (Å²) in [5.41, 5.74) is 0.617. The van der Waals surface area contributed by atoms with Crippen LogP contribution in [-0.4, -0.2) is 9.91 Å². The van der Waals surface area contributed by atoms with Crippen molar-refractivity contribution in [2.24, 2.45) is 0 Å². The fourth-order valence-corrected chi connectivity index (χ4v) is 2.28. The first-order valence-electron chi connectivity index (χ1n) is 5.31. The summed E-state index contributed by atoms with van der Waals surface area (Å²) in [6, 6.07) is 6.15. The molecule has 0 amide bonds.